The van der Waals surface area contributed by atoms with Crippen molar-refractivity contribution in [1.82, 2.24) is 4.90 Å². The number of nitrogens with zero attached hydrogens (tertiary/aromatic N) is 1. The van der Waals surface area contributed by atoms with Gasteiger partial charge in [0.1, 0.15) is 0 Å². The second kappa shape index (κ2) is 10.1. The van der Waals surface area contributed by atoms with Gasteiger partial charge < -0.3 is 4.90 Å². The van der Waals surface area contributed by atoms with E-state index in [1.807, 2.05) is 0 Å². The Balaban J connectivity index is 0.00000196. The molecule has 0 bridgehead atoms. The number of unbranched alkanes of at least 4 members (excludes halogenated alkanes) is 5. The largest absolute Gasteiger partial charge is 0.374 e. The average Bonchev–Trinajstić information content (AvgIpc) is 2.25. The number of halogens is 1. The summed E-state index contributed by atoms with van der Waals surface area (Å²) in [6.45, 7) is 4.60. The fourth-order valence-electron chi connectivity index (χ4n) is 1.77. The van der Waals surface area contributed by atoms with Crippen LogP contribution in [0.15, 0.2) is 24.4 Å². The Hall–Kier alpha value is -0.430. The SMILES string of the molecule is CCCCCCCCN1C=CC=CC1.Cl. The van der Waals surface area contributed by atoms with Gasteiger partial charge in [-0.05, 0) is 18.7 Å². The first-order valence-corrected chi connectivity index (χ1v) is 6.01. The van der Waals surface area contributed by atoms with Crippen molar-refractivity contribution >= 4 is 12.4 Å². The summed E-state index contributed by atoms with van der Waals surface area (Å²) < 4.78 is 0. The van der Waals surface area contributed by atoms with Crippen LogP contribution in [0.3, 0.4) is 0 Å². The highest BCUT2D eigenvalue weighted by Gasteiger charge is 1.98. The summed E-state index contributed by atoms with van der Waals surface area (Å²) in [5.41, 5.74) is 0. The molecule has 0 N–H and O–H groups in total. The molecule has 1 rings (SSSR count). The van der Waals surface area contributed by atoms with Crippen molar-refractivity contribution < 1.29 is 0 Å². The molecule has 1 aliphatic rings. The summed E-state index contributed by atoms with van der Waals surface area (Å²) in [6, 6.07) is 0. The maximum atomic E-state index is 2.39. The van der Waals surface area contributed by atoms with Gasteiger partial charge in [0.25, 0.3) is 0 Å². The van der Waals surface area contributed by atoms with Crippen molar-refractivity contribution in [3.05, 3.63) is 24.4 Å². The Morgan fingerprint density at radius 2 is 1.73 bits per heavy atom. The third-order valence-corrected chi connectivity index (χ3v) is 2.68. The molecule has 0 fully saturated rings. The summed E-state index contributed by atoms with van der Waals surface area (Å²) in [5, 5.41) is 0. The Labute approximate surface area is 101 Å². The molecule has 0 saturated heterocycles. The first-order valence-electron chi connectivity index (χ1n) is 6.01. The maximum Gasteiger partial charge on any atom is 0.0357 e. The van der Waals surface area contributed by atoms with Crippen LogP contribution in [0, 0.1) is 0 Å². The first kappa shape index (κ1) is 14.6. The molecule has 0 aromatic carbocycles. The van der Waals surface area contributed by atoms with Gasteiger partial charge in [-0.3, -0.25) is 0 Å². The molecule has 0 radical (unpaired) electrons. The maximum absolute atomic E-state index is 2.39. The predicted octanol–water partition coefficient (Wildman–Crippen LogP) is 4.15. The van der Waals surface area contributed by atoms with Crippen LogP contribution in [0.2, 0.25) is 0 Å². The van der Waals surface area contributed by atoms with E-state index in [1.165, 1.54) is 45.1 Å². The molecule has 0 aromatic rings. The molecule has 0 spiro atoms. The molecule has 2 heteroatoms. The second-order valence-electron chi connectivity index (χ2n) is 4.03. The third kappa shape index (κ3) is 7.49. The molecule has 1 heterocycles. The van der Waals surface area contributed by atoms with E-state index < -0.39 is 0 Å². The topological polar surface area (TPSA) is 3.24 Å². The van der Waals surface area contributed by atoms with Crippen molar-refractivity contribution in [1.29, 1.82) is 0 Å². The van der Waals surface area contributed by atoms with Crippen molar-refractivity contribution in [3.63, 3.8) is 0 Å². The van der Waals surface area contributed by atoms with Gasteiger partial charge in [0.05, 0.1) is 0 Å². The summed E-state index contributed by atoms with van der Waals surface area (Å²) in [7, 11) is 0. The minimum absolute atomic E-state index is 0. The van der Waals surface area contributed by atoms with Crippen molar-refractivity contribution in [3.8, 4) is 0 Å². The predicted molar refractivity (Wildman–Crippen MR) is 70.5 cm³/mol. The van der Waals surface area contributed by atoms with Crippen LogP contribution in [-0.4, -0.2) is 18.0 Å². The minimum Gasteiger partial charge on any atom is -0.374 e. The second-order valence-corrected chi connectivity index (χ2v) is 4.03. The van der Waals surface area contributed by atoms with Crippen LogP contribution in [0.1, 0.15) is 45.4 Å². The van der Waals surface area contributed by atoms with E-state index in [2.05, 4.69) is 36.3 Å². The number of hydrogen-bond acceptors (Lipinski definition) is 1. The third-order valence-electron chi connectivity index (χ3n) is 2.68. The summed E-state index contributed by atoms with van der Waals surface area (Å²) in [5.74, 6) is 0. The van der Waals surface area contributed by atoms with Crippen LogP contribution in [0.4, 0.5) is 0 Å². The molecule has 88 valence electrons. The molecule has 0 aliphatic carbocycles. The average molecular weight is 230 g/mol. The molecule has 0 amide bonds. The molecule has 15 heavy (non-hydrogen) atoms. The lowest BCUT2D eigenvalue weighted by atomic mass is 10.1. The molecule has 0 saturated carbocycles. The van der Waals surface area contributed by atoms with Gasteiger partial charge in [-0.15, -0.1) is 12.4 Å². The van der Waals surface area contributed by atoms with E-state index in [1.54, 1.807) is 0 Å². The van der Waals surface area contributed by atoms with E-state index in [-0.39, 0.29) is 12.4 Å². The van der Waals surface area contributed by atoms with Gasteiger partial charge >= 0.3 is 0 Å². The van der Waals surface area contributed by atoms with Gasteiger partial charge in [0.15, 0.2) is 0 Å². The lowest BCUT2D eigenvalue weighted by Crippen LogP contribution is -2.19. The molecular formula is C13H24ClN. The monoisotopic (exact) mass is 229 g/mol. The zero-order valence-electron chi connectivity index (χ0n) is 9.82. The highest BCUT2D eigenvalue weighted by molar-refractivity contribution is 5.85. The van der Waals surface area contributed by atoms with E-state index in [9.17, 15) is 0 Å². The standard InChI is InChI=1S/C13H23N.ClH/c1-2-3-4-5-6-8-11-14-12-9-7-10-13-14;/h7,9-10,12H,2-6,8,11,13H2,1H3;1H. The van der Waals surface area contributed by atoms with Crippen LogP contribution in [0.5, 0.6) is 0 Å². The van der Waals surface area contributed by atoms with Gasteiger partial charge in [-0.2, -0.15) is 0 Å². The summed E-state index contributed by atoms with van der Waals surface area (Å²) >= 11 is 0. The van der Waals surface area contributed by atoms with Gasteiger partial charge in [-0.1, -0.05) is 51.2 Å². The molecule has 0 aromatic heterocycles. The highest BCUT2D eigenvalue weighted by Crippen LogP contribution is 2.07. The zero-order chi connectivity index (χ0) is 10.1. The highest BCUT2D eigenvalue weighted by atomic mass is 35.5. The summed E-state index contributed by atoms with van der Waals surface area (Å²) in [6.07, 6.45) is 17.0. The Kier molecular flexibility index (Phi) is 9.81. The summed E-state index contributed by atoms with van der Waals surface area (Å²) in [4.78, 5) is 2.39. The van der Waals surface area contributed by atoms with E-state index in [4.69, 9.17) is 0 Å². The van der Waals surface area contributed by atoms with Gasteiger partial charge in [0, 0.05) is 13.1 Å². The minimum atomic E-state index is 0. The normalized spacial score (nSPS) is 14.1. The van der Waals surface area contributed by atoms with Crippen LogP contribution < -0.4 is 0 Å². The first-order chi connectivity index (χ1) is 6.93. The Morgan fingerprint density at radius 1 is 1.00 bits per heavy atom. The van der Waals surface area contributed by atoms with Crippen molar-refractivity contribution in [2.75, 3.05) is 13.1 Å². The van der Waals surface area contributed by atoms with Gasteiger partial charge in [0.2, 0.25) is 0 Å². The molecule has 1 aliphatic heterocycles. The number of hydrogen-bond donors (Lipinski definition) is 0. The smallest absolute Gasteiger partial charge is 0.0357 e. The van der Waals surface area contributed by atoms with Crippen LogP contribution in [0.25, 0.3) is 0 Å². The fraction of sp³-hybridized carbons (Fsp3) is 0.692. The quantitative estimate of drug-likeness (QED) is 0.593. The molecule has 0 atom stereocenters. The molecule has 1 nitrogen and oxygen atoms in total. The zero-order valence-corrected chi connectivity index (χ0v) is 10.6. The number of allylic oxidation sites excluding steroid dienone is 2. The lowest BCUT2D eigenvalue weighted by molar-refractivity contribution is 0.392. The fourth-order valence-corrected chi connectivity index (χ4v) is 1.77. The Morgan fingerprint density at radius 3 is 2.40 bits per heavy atom. The molecular weight excluding hydrogens is 206 g/mol. The van der Waals surface area contributed by atoms with Crippen molar-refractivity contribution in [2.45, 2.75) is 45.4 Å². The van der Waals surface area contributed by atoms with Gasteiger partial charge in [-0.25, -0.2) is 0 Å². The molecule has 0 unspecified atom stereocenters. The van der Waals surface area contributed by atoms with E-state index >= 15 is 0 Å². The van der Waals surface area contributed by atoms with E-state index in [0.29, 0.717) is 0 Å². The van der Waals surface area contributed by atoms with E-state index in [0.717, 1.165) is 6.54 Å². The van der Waals surface area contributed by atoms with Crippen LogP contribution in [-0.2, 0) is 0 Å². The van der Waals surface area contributed by atoms with Crippen molar-refractivity contribution in [2.24, 2.45) is 0 Å². The number of rotatable bonds is 7. The Bertz CT molecular complexity index is 187. The van der Waals surface area contributed by atoms with Crippen LogP contribution >= 0.6 is 12.4 Å². The lowest BCUT2D eigenvalue weighted by Gasteiger charge is -2.20.